The number of anilines is 1. The molecule has 1 aliphatic heterocycles. The second-order valence-electron chi connectivity index (χ2n) is 6.51. The summed E-state index contributed by atoms with van der Waals surface area (Å²) in [6.45, 7) is 1.85. The number of sulfonamides is 1. The Morgan fingerprint density at radius 2 is 1.89 bits per heavy atom. The van der Waals surface area contributed by atoms with E-state index in [-0.39, 0.29) is 18.2 Å². The van der Waals surface area contributed by atoms with Gasteiger partial charge in [-0.05, 0) is 25.1 Å². The van der Waals surface area contributed by atoms with Gasteiger partial charge >= 0.3 is 0 Å². The van der Waals surface area contributed by atoms with E-state index < -0.39 is 16.1 Å². The Bertz CT molecular complexity index is 961. The first-order chi connectivity index (χ1) is 13.4. The first-order valence-electron chi connectivity index (χ1n) is 9.00. The zero-order chi connectivity index (χ0) is 20.3. The van der Waals surface area contributed by atoms with Crippen LogP contribution in [0.5, 0.6) is 11.5 Å². The van der Waals surface area contributed by atoms with E-state index in [0.29, 0.717) is 23.7 Å². The van der Waals surface area contributed by atoms with Crippen molar-refractivity contribution in [1.29, 1.82) is 0 Å². The van der Waals surface area contributed by atoms with Gasteiger partial charge in [-0.1, -0.05) is 30.3 Å². The quantitative estimate of drug-likeness (QED) is 0.738. The molecular formula is C20H24N2O5S. The number of fused-ring (bicyclic) bond motifs is 1. The molecule has 0 radical (unpaired) electrons. The molecular weight excluding hydrogens is 380 g/mol. The van der Waals surface area contributed by atoms with Crippen molar-refractivity contribution in [2.45, 2.75) is 19.6 Å². The molecule has 1 aliphatic rings. The Kier molecular flexibility index (Phi) is 5.79. The number of rotatable bonds is 6. The maximum Gasteiger partial charge on any atom is 0.265 e. The van der Waals surface area contributed by atoms with Gasteiger partial charge in [-0.3, -0.25) is 9.10 Å². The van der Waals surface area contributed by atoms with Crippen molar-refractivity contribution in [2.24, 2.45) is 0 Å². The lowest BCUT2D eigenvalue weighted by Crippen LogP contribution is -2.51. The number of carbonyl (C=O) groups is 1. The maximum atomic E-state index is 13.0. The van der Waals surface area contributed by atoms with Crippen molar-refractivity contribution in [2.75, 3.05) is 30.8 Å². The van der Waals surface area contributed by atoms with Crippen LogP contribution in [0.25, 0.3) is 0 Å². The number of ether oxygens (including phenoxy) is 2. The van der Waals surface area contributed by atoms with Crippen molar-refractivity contribution in [3.05, 3.63) is 54.1 Å². The van der Waals surface area contributed by atoms with E-state index in [1.165, 1.54) is 9.21 Å². The van der Waals surface area contributed by atoms with Crippen LogP contribution in [-0.2, 0) is 21.4 Å². The average Bonchev–Trinajstić information content (AvgIpc) is 2.72. The number of hydrogen-bond donors (Lipinski definition) is 0. The summed E-state index contributed by atoms with van der Waals surface area (Å²) in [4.78, 5) is 14.5. The van der Waals surface area contributed by atoms with Gasteiger partial charge in [0.1, 0.15) is 11.5 Å². The van der Waals surface area contributed by atoms with Crippen LogP contribution >= 0.6 is 0 Å². The molecule has 0 fully saturated rings. The predicted octanol–water partition coefficient (Wildman–Crippen LogP) is 2.27. The molecule has 2 aromatic rings. The molecule has 7 nitrogen and oxygen atoms in total. The minimum atomic E-state index is -3.53. The largest absolute Gasteiger partial charge is 0.496 e. The molecule has 0 saturated carbocycles. The standard InChI is InChI=1S/C20H24N2O5S/c1-4-28(24,25)22-14-19(27-18-12-8-6-10-16(18)22)20(23)21(2)13-15-9-5-7-11-17(15)26-3/h5-12,19H,4,13-14H2,1-3H3/t19-/m1/s1. The normalized spacial score (nSPS) is 16.1. The first-order valence-corrected chi connectivity index (χ1v) is 10.6. The summed E-state index contributed by atoms with van der Waals surface area (Å²) >= 11 is 0. The Labute approximate surface area is 165 Å². The molecule has 0 aromatic heterocycles. The van der Waals surface area contributed by atoms with Crippen molar-refractivity contribution in [3.8, 4) is 11.5 Å². The molecule has 0 aliphatic carbocycles. The van der Waals surface area contributed by atoms with Crippen LogP contribution in [0, 0.1) is 0 Å². The van der Waals surface area contributed by atoms with Crippen molar-refractivity contribution < 1.29 is 22.7 Å². The summed E-state index contributed by atoms with van der Waals surface area (Å²) in [5, 5.41) is 0. The van der Waals surface area contributed by atoms with E-state index in [0.717, 1.165) is 5.56 Å². The summed E-state index contributed by atoms with van der Waals surface area (Å²) < 4.78 is 37.6. The van der Waals surface area contributed by atoms with Gasteiger partial charge in [0.05, 0.1) is 25.1 Å². The molecule has 1 heterocycles. The molecule has 28 heavy (non-hydrogen) atoms. The van der Waals surface area contributed by atoms with Crippen LogP contribution in [0.1, 0.15) is 12.5 Å². The summed E-state index contributed by atoms with van der Waals surface area (Å²) in [7, 11) is -0.291. The Hall–Kier alpha value is -2.74. The number of benzene rings is 2. The van der Waals surface area contributed by atoms with E-state index in [1.54, 1.807) is 45.3 Å². The minimum Gasteiger partial charge on any atom is -0.496 e. The van der Waals surface area contributed by atoms with Gasteiger partial charge in [0.15, 0.2) is 6.10 Å². The highest BCUT2D eigenvalue weighted by Gasteiger charge is 2.37. The Morgan fingerprint density at radius 3 is 2.61 bits per heavy atom. The molecule has 3 rings (SSSR count). The second kappa shape index (κ2) is 8.10. The van der Waals surface area contributed by atoms with Crippen molar-refractivity contribution >= 4 is 21.6 Å². The predicted molar refractivity (Wildman–Crippen MR) is 107 cm³/mol. The lowest BCUT2D eigenvalue weighted by Gasteiger charge is -2.36. The van der Waals surface area contributed by atoms with Crippen molar-refractivity contribution in [3.63, 3.8) is 0 Å². The zero-order valence-corrected chi connectivity index (χ0v) is 17.0. The number of carbonyl (C=O) groups excluding carboxylic acids is 1. The van der Waals surface area contributed by atoms with E-state index in [2.05, 4.69) is 0 Å². The third kappa shape index (κ3) is 3.91. The molecule has 1 amide bonds. The highest BCUT2D eigenvalue weighted by atomic mass is 32.2. The van der Waals surface area contributed by atoms with Gasteiger partial charge in [-0.25, -0.2) is 8.42 Å². The fourth-order valence-corrected chi connectivity index (χ4v) is 4.29. The van der Waals surface area contributed by atoms with Crippen LogP contribution in [-0.4, -0.2) is 51.8 Å². The van der Waals surface area contributed by atoms with Gasteiger partial charge in [-0.2, -0.15) is 0 Å². The molecule has 0 spiro atoms. The van der Waals surface area contributed by atoms with Crippen LogP contribution < -0.4 is 13.8 Å². The summed E-state index contributed by atoms with van der Waals surface area (Å²) in [6.07, 6.45) is -0.920. The summed E-state index contributed by atoms with van der Waals surface area (Å²) in [6, 6.07) is 14.3. The smallest absolute Gasteiger partial charge is 0.265 e. The highest BCUT2D eigenvalue weighted by molar-refractivity contribution is 7.92. The molecule has 0 unspecified atom stereocenters. The fraction of sp³-hybridized carbons (Fsp3) is 0.350. The van der Waals surface area contributed by atoms with E-state index in [1.807, 2.05) is 24.3 Å². The molecule has 1 atom stereocenters. The molecule has 150 valence electrons. The number of nitrogens with zero attached hydrogens (tertiary/aromatic N) is 2. The van der Waals surface area contributed by atoms with Gasteiger partial charge in [0.2, 0.25) is 10.0 Å². The number of hydrogen-bond acceptors (Lipinski definition) is 5. The highest BCUT2D eigenvalue weighted by Crippen LogP contribution is 2.35. The van der Waals surface area contributed by atoms with E-state index in [9.17, 15) is 13.2 Å². The number of likely N-dealkylation sites (N-methyl/N-ethyl adjacent to an activating group) is 1. The van der Waals surface area contributed by atoms with Gasteiger partial charge < -0.3 is 14.4 Å². The van der Waals surface area contributed by atoms with Gasteiger partial charge in [-0.15, -0.1) is 0 Å². The second-order valence-corrected chi connectivity index (χ2v) is 8.69. The number of methoxy groups -OCH3 is 1. The van der Waals surface area contributed by atoms with Crippen LogP contribution in [0.15, 0.2) is 48.5 Å². The topological polar surface area (TPSA) is 76.2 Å². The lowest BCUT2D eigenvalue weighted by molar-refractivity contribution is -0.137. The number of amides is 1. The van der Waals surface area contributed by atoms with E-state index in [4.69, 9.17) is 9.47 Å². The summed E-state index contributed by atoms with van der Waals surface area (Å²) in [5.41, 5.74) is 1.32. The van der Waals surface area contributed by atoms with Crippen LogP contribution in [0.4, 0.5) is 5.69 Å². The third-order valence-corrected chi connectivity index (χ3v) is 6.43. The lowest BCUT2D eigenvalue weighted by atomic mass is 10.1. The van der Waals surface area contributed by atoms with Gasteiger partial charge in [0, 0.05) is 19.2 Å². The monoisotopic (exact) mass is 404 g/mol. The van der Waals surface area contributed by atoms with Gasteiger partial charge in [0.25, 0.3) is 5.91 Å². The SMILES string of the molecule is CCS(=O)(=O)N1C[C@H](C(=O)N(C)Cc2ccccc2OC)Oc2ccccc21. The molecule has 0 bridgehead atoms. The average molecular weight is 404 g/mol. The number of para-hydroxylation sites is 3. The van der Waals surface area contributed by atoms with Crippen LogP contribution in [0.2, 0.25) is 0 Å². The molecule has 8 heteroatoms. The first kappa shape index (κ1) is 20.0. The summed E-state index contributed by atoms with van der Waals surface area (Å²) in [5.74, 6) is 0.720. The molecule has 0 N–H and O–H groups in total. The molecule has 0 saturated heterocycles. The Morgan fingerprint density at radius 1 is 1.21 bits per heavy atom. The third-order valence-electron chi connectivity index (χ3n) is 4.69. The maximum absolute atomic E-state index is 13.0. The fourth-order valence-electron chi connectivity index (χ4n) is 3.16. The minimum absolute atomic E-state index is 0.0533. The van der Waals surface area contributed by atoms with E-state index >= 15 is 0 Å². The Balaban J connectivity index is 1.84. The van der Waals surface area contributed by atoms with Crippen LogP contribution in [0.3, 0.4) is 0 Å². The molecule has 2 aromatic carbocycles. The van der Waals surface area contributed by atoms with Crippen molar-refractivity contribution in [1.82, 2.24) is 4.90 Å². The zero-order valence-electron chi connectivity index (χ0n) is 16.2.